The van der Waals surface area contributed by atoms with Crippen molar-refractivity contribution >= 4 is 29.5 Å². The lowest BCUT2D eigenvalue weighted by Gasteiger charge is -2.40. The lowest BCUT2D eigenvalue weighted by atomic mass is 10.0. The summed E-state index contributed by atoms with van der Waals surface area (Å²) < 4.78 is 13.1. The van der Waals surface area contributed by atoms with E-state index in [-0.39, 0.29) is 23.8 Å². The maximum Gasteiger partial charge on any atom is 0.249 e. The van der Waals surface area contributed by atoms with Crippen molar-refractivity contribution in [2.75, 3.05) is 13.1 Å². The number of amides is 2. The lowest BCUT2D eigenvalue weighted by molar-refractivity contribution is -0.131. The fraction of sp³-hybridized carbons (Fsp3) is 0.333. The third-order valence-corrected chi connectivity index (χ3v) is 6.54. The highest BCUT2D eigenvalue weighted by Crippen LogP contribution is 2.31. The van der Waals surface area contributed by atoms with Gasteiger partial charge in [-0.15, -0.1) is 0 Å². The number of benzene rings is 2. The van der Waals surface area contributed by atoms with Gasteiger partial charge in [0.05, 0.1) is 0 Å². The minimum atomic E-state index is -0.580. The zero-order valence-corrected chi connectivity index (χ0v) is 18.1. The zero-order valence-electron chi connectivity index (χ0n) is 17.4. The van der Waals surface area contributed by atoms with Gasteiger partial charge in [0, 0.05) is 48.4 Å². The van der Waals surface area contributed by atoms with Gasteiger partial charge in [-0.2, -0.15) is 0 Å². The number of piperazine rings is 1. The van der Waals surface area contributed by atoms with Gasteiger partial charge in [-0.1, -0.05) is 23.7 Å². The number of nitrogens with two attached hydrogens (primary N) is 1. The maximum atomic E-state index is 13.1. The Morgan fingerprint density at radius 2 is 1.81 bits per heavy atom. The molecule has 2 atom stereocenters. The van der Waals surface area contributed by atoms with Crippen LogP contribution in [0.4, 0.5) is 4.39 Å². The Bertz CT molecular complexity index is 1020. The number of carbonyl (C=O) groups is 2. The Morgan fingerprint density at radius 1 is 1.16 bits per heavy atom. The van der Waals surface area contributed by atoms with Crippen LogP contribution in [0.5, 0.6) is 0 Å². The van der Waals surface area contributed by atoms with E-state index in [4.69, 9.17) is 17.3 Å². The number of aryl methyl sites for hydroxylation is 1. The molecule has 0 spiro atoms. The van der Waals surface area contributed by atoms with Crippen LogP contribution in [0.15, 0.2) is 42.5 Å². The molecule has 4 rings (SSSR count). The highest BCUT2D eigenvalue weighted by Gasteiger charge is 2.41. The molecule has 0 aromatic heterocycles. The van der Waals surface area contributed by atoms with Crippen molar-refractivity contribution < 1.29 is 14.0 Å². The largest absolute Gasteiger partial charge is 0.366 e. The first-order chi connectivity index (χ1) is 14.8. The Hall–Kier alpha value is -2.70. The molecule has 5 nitrogen and oxygen atoms in total. The van der Waals surface area contributed by atoms with Crippen LogP contribution in [0.2, 0.25) is 5.02 Å². The highest BCUT2D eigenvalue weighted by molar-refractivity contribution is 6.31. The number of likely N-dealkylation sites (tertiary alicyclic amines) is 1. The van der Waals surface area contributed by atoms with E-state index in [2.05, 4.69) is 4.90 Å². The van der Waals surface area contributed by atoms with Crippen LogP contribution in [0.1, 0.15) is 39.9 Å². The van der Waals surface area contributed by atoms with Crippen LogP contribution in [-0.4, -0.2) is 46.8 Å². The second kappa shape index (κ2) is 8.81. The predicted octanol–water partition coefficient (Wildman–Crippen LogP) is 3.78. The normalized spacial score (nSPS) is 21.1. The van der Waals surface area contributed by atoms with Gasteiger partial charge in [0.2, 0.25) is 11.8 Å². The van der Waals surface area contributed by atoms with Crippen molar-refractivity contribution in [2.24, 2.45) is 5.73 Å². The number of halogens is 2. The first kappa shape index (κ1) is 21.5. The molecule has 31 heavy (non-hydrogen) atoms. The first-order valence-corrected chi connectivity index (χ1v) is 10.8. The maximum absolute atomic E-state index is 13.1. The standard InChI is InChI=1S/C24H25ClFN3O2/c1-15-10-17(21(24(27)31)11-22(15)25)4-9-23(30)29-19-7-8-20(29)14-28(13-19)12-16-2-5-18(26)6-3-16/h2-6,9-11,19-20H,7-8,12-14H2,1H3,(H2,27,31)/b9-4+. The average molecular weight is 442 g/mol. The summed E-state index contributed by atoms with van der Waals surface area (Å²) in [6.07, 6.45) is 5.11. The van der Waals surface area contributed by atoms with Gasteiger partial charge >= 0.3 is 0 Å². The first-order valence-electron chi connectivity index (χ1n) is 10.4. The Balaban J connectivity index is 1.45. The molecule has 2 saturated heterocycles. The Kier molecular flexibility index (Phi) is 6.12. The molecule has 2 aliphatic rings. The van der Waals surface area contributed by atoms with Crippen LogP contribution < -0.4 is 5.73 Å². The van der Waals surface area contributed by atoms with Crippen molar-refractivity contribution in [2.45, 2.75) is 38.4 Å². The van der Waals surface area contributed by atoms with E-state index in [1.165, 1.54) is 18.2 Å². The van der Waals surface area contributed by atoms with Crippen LogP contribution in [0.3, 0.4) is 0 Å². The molecule has 7 heteroatoms. The summed E-state index contributed by atoms with van der Waals surface area (Å²) in [5.74, 6) is -0.873. The van der Waals surface area contributed by atoms with Crippen LogP contribution in [0.25, 0.3) is 6.08 Å². The predicted molar refractivity (Wildman–Crippen MR) is 119 cm³/mol. The number of rotatable bonds is 5. The van der Waals surface area contributed by atoms with Gasteiger partial charge < -0.3 is 10.6 Å². The summed E-state index contributed by atoms with van der Waals surface area (Å²) >= 11 is 6.11. The Morgan fingerprint density at radius 3 is 2.42 bits per heavy atom. The van der Waals surface area contributed by atoms with Crippen molar-refractivity contribution in [3.05, 3.63) is 75.6 Å². The molecule has 2 unspecified atom stereocenters. The Labute approximate surface area is 186 Å². The van der Waals surface area contributed by atoms with Crippen LogP contribution in [-0.2, 0) is 11.3 Å². The van der Waals surface area contributed by atoms with Crippen LogP contribution >= 0.6 is 11.6 Å². The summed E-state index contributed by atoms with van der Waals surface area (Å²) in [5, 5.41) is 0.465. The van der Waals surface area contributed by atoms with E-state index >= 15 is 0 Å². The van der Waals surface area contributed by atoms with Crippen molar-refractivity contribution in [1.82, 2.24) is 9.80 Å². The molecule has 2 N–H and O–H groups in total. The number of hydrogen-bond donors (Lipinski definition) is 1. The molecular weight excluding hydrogens is 417 g/mol. The second-order valence-electron chi connectivity index (χ2n) is 8.34. The summed E-state index contributed by atoms with van der Waals surface area (Å²) in [7, 11) is 0. The van der Waals surface area contributed by atoms with Crippen LogP contribution in [0, 0.1) is 12.7 Å². The van der Waals surface area contributed by atoms with Gasteiger partial charge in [0.15, 0.2) is 0 Å². The second-order valence-corrected chi connectivity index (χ2v) is 8.74. The van der Waals surface area contributed by atoms with Crippen molar-refractivity contribution in [1.29, 1.82) is 0 Å². The summed E-state index contributed by atoms with van der Waals surface area (Å²) in [6, 6.07) is 10.2. The fourth-order valence-electron chi connectivity index (χ4n) is 4.63. The minimum Gasteiger partial charge on any atom is -0.366 e. The molecule has 2 heterocycles. The minimum absolute atomic E-state index is 0.0584. The van der Waals surface area contributed by atoms with E-state index < -0.39 is 5.91 Å². The van der Waals surface area contributed by atoms with Crippen molar-refractivity contribution in [3.63, 3.8) is 0 Å². The number of hydrogen-bond acceptors (Lipinski definition) is 3. The van der Waals surface area contributed by atoms with Gasteiger partial charge in [-0.3, -0.25) is 14.5 Å². The third kappa shape index (κ3) is 4.65. The molecule has 2 aromatic carbocycles. The topological polar surface area (TPSA) is 66.6 Å². The molecule has 0 radical (unpaired) electrons. The average Bonchev–Trinajstić information content (AvgIpc) is 3.00. The van der Waals surface area contributed by atoms with Gasteiger partial charge in [0.1, 0.15) is 5.82 Å². The lowest BCUT2D eigenvalue weighted by Crippen LogP contribution is -2.55. The summed E-state index contributed by atoms with van der Waals surface area (Å²) in [4.78, 5) is 29.1. The van der Waals surface area contributed by atoms with E-state index in [9.17, 15) is 14.0 Å². The molecule has 2 fully saturated rings. The SMILES string of the molecule is Cc1cc(/C=C/C(=O)N2C3CCC2CN(Cc2ccc(F)cc2)C3)c(C(N)=O)cc1Cl. The number of fused-ring (bicyclic) bond motifs is 2. The highest BCUT2D eigenvalue weighted by atomic mass is 35.5. The van der Waals surface area contributed by atoms with E-state index in [0.717, 1.165) is 43.6 Å². The van der Waals surface area contributed by atoms with E-state index in [1.807, 2.05) is 24.0 Å². The van der Waals surface area contributed by atoms with Gasteiger partial charge in [-0.05, 0) is 66.8 Å². The summed E-state index contributed by atoms with van der Waals surface area (Å²) in [5.41, 5.74) is 8.24. The molecular formula is C24H25ClFN3O2. The smallest absolute Gasteiger partial charge is 0.249 e. The molecule has 162 valence electrons. The summed E-state index contributed by atoms with van der Waals surface area (Å²) in [6.45, 7) is 4.17. The van der Waals surface area contributed by atoms with E-state index in [0.29, 0.717) is 16.1 Å². The van der Waals surface area contributed by atoms with Gasteiger partial charge in [-0.25, -0.2) is 4.39 Å². The third-order valence-electron chi connectivity index (χ3n) is 6.13. The molecule has 0 saturated carbocycles. The van der Waals surface area contributed by atoms with E-state index in [1.54, 1.807) is 18.2 Å². The molecule has 2 aliphatic heterocycles. The molecule has 2 bridgehead atoms. The number of carbonyl (C=O) groups excluding carboxylic acids is 2. The number of primary amides is 1. The molecule has 2 aromatic rings. The molecule has 0 aliphatic carbocycles. The quantitative estimate of drug-likeness (QED) is 0.718. The monoisotopic (exact) mass is 441 g/mol. The molecule has 2 amide bonds. The fourth-order valence-corrected chi connectivity index (χ4v) is 4.79. The number of nitrogens with zero attached hydrogens (tertiary/aromatic N) is 2. The van der Waals surface area contributed by atoms with Crippen molar-refractivity contribution in [3.8, 4) is 0 Å². The van der Waals surface area contributed by atoms with Gasteiger partial charge in [0.25, 0.3) is 0 Å². The zero-order chi connectivity index (χ0) is 22.1.